The van der Waals surface area contributed by atoms with Crippen molar-refractivity contribution in [2.24, 2.45) is 0 Å². The number of amides is 1. The van der Waals surface area contributed by atoms with Gasteiger partial charge in [-0.1, -0.05) is 0 Å². The van der Waals surface area contributed by atoms with Crippen LogP contribution >= 0.6 is 0 Å². The number of carbonyl (C=O) groups is 1. The molecule has 0 saturated carbocycles. The highest BCUT2D eigenvalue weighted by Crippen LogP contribution is 2.12. The van der Waals surface area contributed by atoms with Crippen molar-refractivity contribution in [3.63, 3.8) is 0 Å². The lowest BCUT2D eigenvalue weighted by atomic mass is 10.3. The Hall–Kier alpha value is -1.97. The maximum atomic E-state index is 10.2. The van der Waals surface area contributed by atoms with Gasteiger partial charge in [0.15, 0.2) is 0 Å². The molecular weight excluding hydrogens is 166 g/mol. The van der Waals surface area contributed by atoms with E-state index >= 15 is 0 Å². The zero-order valence-electron chi connectivity index (χ0n) is 8.77. The smallest absolute Gasteiger partial charge is 0.327 e. The molecule has 0 bridgehead atoms. The van der Waals surface area contributed by atoms with E-state index < -0.39 is 0 Å². The number of pyridine rings is 2. The number of nitrogens with zero attached hydrogens (tertiary/aromatic N) is 2. The number of hydrogen-bond acceptors (Lipinski definition) is 3. The first kappa shape index (κ1) is 7.67. The Kier molecular flexibility index (Phi) is 1.88. The lowest BCUT2D eigenvalue weighted by molar-refractivity contribution is -0.105. The SMILES string of the molecule is O=CNc1cnc2cccnc2c1.[H+].[H+]. The van der Waals surface area contributed by atoms with E-state index in [-0.39, 0.29) is 2.85 Å². The predicted molar refractivity (Wildman–Crippen MR) is 51.4 cm³/mol. The molecule has 2 aromatic rings. The monoisotopic (exact) mass is 175 g/mol. The summed E-state index contributed by atoms with van der Waals surface area (Å²) in [5.74, 6) is 0. The molecule has 1 amide bonds. The van der Waals surface area contributed by atoms with E-state index in [2.05, 4.69) is 15.3 Å². The summed E-state index contributed by atoms with van der Waals surface area (Å²) in [4.78, 5) is 18.4. The highest BCUT2D eigenvalue weighted by Gasteiger charge is 1.95. The molecule has 4 nitrogen and oxygen atoms in total. The van der Waals surface area contributed by atoms with E-state index in [0.717, 1.165) is 11.0 Å². The molecule has 1 N–H and O–H groups in total. The Morgan fingerprint density at radius 2 is 2.31 bits per heavy atom. The molecule has 0 atom stereocenters. The van der Waals surface area contributed by atoms with Crippen molar-refractivity contribution in [2.45, 2.75) is 0 Å². The molecule has 2 rings (SSSR count). The van der Waals surface area contributed by atoms with Gasteiger partial charge in [-0.15, -0.1) is 0 Å². The first-order valence-corrected chi connectivity index (χ1v) is 3.81. The largest absolute Gasteiger partial charge is 1.00 e. The van der Waals surface area contributed by atoms with Crippen molar-refractivity contribution >= 4 is 23.1 Å². The highest BCUT2D eigenvalue weighted by atomic mass is 16.1. The molecule has 0 aliphatic rings. The second-order valence-corrected chi connectivity index (χ2v) is 2.53. The molecule has 13 heavy (non-hydrogen) atoms. The molecule has 2 aromatic heterocycles. The first-order valence-electron chi connectivity index (χ1n) is 3.81. The van der Waals surface area contributed by atoms with Gasteiger partial charge >= 0.3 is 2.85 Å². The molecule has 0 unspecified atom stereocenters. The lowest BCUT2D eigenvalue weighted by Crippen LogP contribution is -1.94. The summed E-state index contributed by atoms with van der Waals surface area (Å²) in [6, 6.07) is 5.46. The molecule has 2 heterocycles. The third kappa shape index (κ3) is 1.46. The van der Waals surface area contributed by atoms with Crippen LogP contribution in [0.5, 0.6) is 0 Å². The molecule has 0 aromatic carbocycles. The van der Waals surface area contributed by atoms with Gasteiger partial charge < -0.3 is 5.32 Å². The zero-order chi connectivity index (χ0) is 9.10. The van der Waals surface area contributed by atoms with E-state index in [1.165, 1.54) is 0 Å². The van der Waals surface area contributed by atoms with E-state index in [0.29, 0.717) is 12.1 Å². The van der Waals surface area contributed by atoms with Crippen LogP contribution in [-0.4, -0.2) is 16.4 Å². The number of hydrogen-bond donors (Lipinski definition) is 1. The van der Waals surface area contributed by atoms with Crippen molar-refractivity contribution in [3.05, 3.63) is 30.6 Å². The summed E-state index contributed by atoms with van der Waals surface area (Å²) in [5, 5.41) is 2.52. The molecule has 64 valence electrons. The van der Waals surface area contributed by atoms with Crippen LogP contribution < -0.4 is 5.32 Å². The normalized spacial score (nSPS) is 9.85. The van der Waals surface area contributed by atoms with Crippen LogP contribution in [0.4, 0.5) is 5.69 Å². The second-order valence-electron chi connectivity index (χ2n) is 2.53. The fraction of sp³-hybridized carbons (Fsp3) is 0. The minimum Gasteiger partial charge on any atom is -0.327 e. The number of carbonyl (C=O) groups excluding carboxylic acids is 1. The van der Waals surface area contributed by atoms with Gasteiger partial charge in [0.25, 0.3) is 0 Å². The Bertz CT molecular complexity index is 450. The average Bonchev–Trinajstić information content (AvgIpc) is 2.18. The maximum Gasteiger partial charge on any atom is 1.00 e. The Morgan fingerprint density at radius 1 is 1.38 bits per heavy atom. The van der Waals surface area contributed by atoms with Crippen molar-refractivity contribution in [3.8, 4) is 0 Å². The molecular formula is C9H9N3O+2. The number of aromatic nitrogens is 2. The van der Waals surface area contributed by atoms with E-state index in [4.69, 9.17) is 0 Å². The highest BCUT2D eigenvalue weighted by molar-refractivity contribution is 5.81. The van der Waals surface area contributed by atoms with Gasteiger partial charge in [0.2, 0.25) is 6.41 Å². The van der Waals surface area contributed by atoms with Crippen molar-refractivity contribution in [2.75, 3.05) is 5.32 Å². The van der Waals surface area contributed by atoms with Crippen LogP contribution in [-0.2, 0) is 4.79 Å². The molecule has 0 aliphatic heterocycles. The standard InChI is InChI=1S/C9H7N3O/c13-6-12-7-4-9-8(11-5-7)2-1-3-10-9/h1-6H,(H,12,13)/p+2. The quantitative estimate of drug-likeness (QED) is 0.702. The van der Waals surface area contributed by atoms with E-state index in [1.807, 2.05) is 12.1 Å². The topological polar surface area (TPSA) is 54.9 Å². The van der Waals surface area contributed by atoms with Crippen LogP contribution in [0.25, 0.3) is 11.0 Å². The third-order valence-corrected chi connectivity index (χ3v) is 1.68. The lowest BCUT2D eigenvalue weighted by Gasteiger charge is -1.99. The molecule has 0 radical (unpaired) electrons. The first-order chi connectivity index (χ1) is 6.40. The molecule has 0 fully saturated rings. The maximum absolute atomic E-state index is 10.2. The average molecular weight is 175 g/mol. The summed E-state index contributed by atoms with van der Waals surface area (Å²) >= 11 is 0. The van der Waals surface area contributed by atoms with Crippen LogP contribution in [0.3, 0.4) is 0 Å². The summed E-state index contributed by atoms with van der Waals surface area (Å²) in [7, 11) is 0. The van der Waals surface area contributed by atoms with Crippen LogP contribution in [0.2, 0.25) is 0 Å². The minimum atomic E-state index is 0. The van der Waals surface area contributed by atoms with Gasteiger partial charge in [0, 0.05) is 6.20 Å². The van der Waals surface area contributed by atoms with Gasteiger partial charge in [-0.2, -0.15) is 0 Å². The van der Waals surface area contributed by atoms with Gasteiger partial charge in [0.05, 0.1) is 22.9 Å². The zero-order valence-corrected chi connectivity index (χ0v) is 6.77. The van der Waals surface area contributed by atoms with E-state index in [1.54, 1.807) is 18.5 Å². The van der Waals surface area contributed by atoms with Crippen LogP contribution in [0.15, 0.2) is 30.6 Å². The fourth-order valence-corrected chi connectivity index (χ4v) is 1.10. The van der Waals surface area contributed by atoms with Gasteiger partial charge in [-0.3, -0.25) is 14.8 Å². The Balaban J connectivity index is 0.000000980. The number of fused-ring (bicyclic) bond motifs is 1. The minimum absolute atomic E-state index is 0. The summed E-state index contributed by atoms with van der Waals surface area (Å²) in [6.07, 6.45) is 3.90. The number of anilines is 1. The summed E-state index contributed by atoms with van der Waals surface area (Å²) in [5.41, 5.74) is 2.24. The van der Waals surface area contributed by atoms with Gasteiger partial charge in [-0.05, 0) is 18.2 Å². The van der Waals surface area contributed by atoms with Gasteiger partial charge in [0.1, 0.15) is 0 Å². The second kappa shape index (κ2) is 3.18. The summed E-state index contributed by atoms with van der Waals surface area (Å²) < 4.78 is 0. The molecule has 0 saturated heterocycles. The van der Waals surface area contributed by atoms with E-state index in [9.17, 15) is 4.79 Å². The molecule has 4 heteroatoms. The third-order valence-electron chi connectivity index (χ3n) is 1.68. The predicted octanol–water partition coefficient (Wildman–Crippen LogP) is 1.42. The van der Waals surface area contributed by atoms with Crippen molar-refractivity contribution in [1.29, 1.82) is 0 Å². The number of nitrogens with one attached hydrogen (secondary N) is 1. The van der Waals surface area contributed by atoms with Crippen molar-refractivity contribution < 1.29 is 7.65 Å². The van der Waals surface area contributed by atoms with Gasteiger partial charge in [-0.25, -0.2) is 0 Å². The molecule has 0 spiro atoms. The molecule has 0 aliphatic carbocycles. The Morgan fingerprint density at radius 3 is 3.15 bits per heavy atom. The van der Waals surface area contributed by atoms with Crippen molar-refractivity contribution in [1.82, 2.24) is 9.97 Å². The number of rotatable bonds is 2. The summed E-state index contributed by atoms with van der Waals surface area (Å²) in [6.45, 7) is 0. The Labute approximate surface area is 77.6 Å². The fourth-order valence-electron chi connectivity index (χ4n) is 1.10. The van der Waals surface area contributed by atoms with Crippen LogP contribution in [0, 0.1) is 0 Å². The van der Waals surface area contributed by atoms with Crippen LogP contribution in [0.1, 0.15) is 2.85 Å².